The lowest BCUT2D eigenvalue weighted by Gasteiger charge is -2.09. The number of nitrogens with one attached hydrogen (secondary N) is 1. The van der Waals surface area contributed by atoms with E-state index >= 15 is 0 Å². The molecule has 5 nitrogen and oxygen atoms in total. The molecule has 7 heteroatoms. The molecule has 19 heavy (non-hydrogen) atoms. The van der Waals surface area contributed by atoms with Crippen molar-refractivity contribution in [3.63, 3.8) is 0 Å². The van der Waals surface area contributed by atoms with E-state index in [1.165, 1.54) is 0 Å². The zero-order valence-corrected chi connectivity index (χ0v) is 13.3. The van der Waals surface area contributed by atoms with Gasteiger partial charge in [-0.1, -0.05) is 15.9 Å². The van der Waals surface area contributed by atoms with Crippen LogP contribution < -0.4 is 16.0 Å². The van der Waals surface area contributed by atoms with Gasteiger partial charge in [0.25, 0.3) is 0 Å². The minimum Gasteiger partial charge on any atom is -0.484 e. The molecule has 1 aromatic carbocycles. The number of halogens is 2. The molecule has 3 N–H and O–H groups in total. The molecule has 1 heterocycles. The fraction of sp³-hybridized carbons (Fsp3) is 0.167. The summed E-state index contributed by atoms with van der Waals surface area (Å²) in [6.07, 6.45) is 0. The third kappa shape index (κ3) is 3.89. The number of anilines is 1. The molecule has 2 rings (SSSR count). The summed E-state index contributed by atoms with van der Waals surface area (Å²) in [7, 11) is 0. The van der Waals surface area contributed by atoms with Crippen molar-refractivity contribution in [1.82, 2.24) is 9.97 Å². The summed E-state index contributed by atoms with van der Waals surface area (Å²) in [5.41, 5.74) is 3.33. The van der Waals surface area contributed by atoms with Crippen LogP contribution in [0.25, 0.3) is 0 Å². The van der Waals surface area contributed by atoms with Crippen LogP contribution in [0.3, 0.4) is 0 Å². The summed E-state index contributed by atoms with van der Waals surface area (Å²) in [5, 5.41) is 0. The first-order valence-electron chi connectivity index (χ1n) is 5.47. The van der Waals surface area contributed by atoms with Gasteiger partial charge < -0.3 is 10.2 Å². The number of aromatic nitrogens is 2. The molecule has 0 amide bonds. The monoisotopic (exact) mass is 386 g/mol. The summed E-state index contributed by atoms with van der Waals surface area (Å²) in [6, 6.07) is 7.45. The first kappa shape index (κ1) is 14.2. The maximum absolute atomic E-state index is 5.67. The SMILES string of the molecule is Cc1cc(NN)nc(COc2ccc(Br)cc2Br)n1. The van der Waals surface area contributed by atoms with Crippen LogP contribution in [-0.4, -0.2) is 9.97 Å². The molecule has 100 valence electrons. The Kier molecular flexibility index (Phi) is 4.73. The van der Waals surface area contributed by atoms with E-state index in [0.29, 0.717) is 11.6 Å². The number of hydrogen-bond donors (Lipinski definition) is 2. The highest BCUT2D eigenvalue weighted by atomic mass is 79.9. The van der Waals surface area contributed by atoms with Crippen molar-refractivity contribution in [2.45, 2.75) is 13.5 Å². The van der Waals surface area contributed by atoms with Crippen molar-refractivity contribution in [2.75, 3.05) is 5.43 Å². The molecule has 0 saturated carbocycles. The van der Waals surface area contributed by atoms with Crippen LogP contribution in [0.15, 0.2) is 33.2 Å². The number of nitrogens with two attached hydrogens (primary N) is 1. The first-order valence-corrected chi connectivity index (χ1v) is 7.06. The summed E-state index contributed by atoms with van der Waals surface area (Å²) in [4.78, 5) is 8.51. The van der Waals surface area contributed by atoms with Crippen LogP contribution in [0, 0.1) is 6.92 Å². The second-order valence-electron chi connectivity index (χ2n) is 3.82. The average Bonchev–Trinajstić information content (AvgIpc) is 2.37. The van der Waals surface area contributed by atoms with Gasteiger partial charge in [0, 0.05) is 16.2 Å². The van der Waals surface area contributed by atoms with Gasteiger partial charge in [0.05, 0.1) is 4.47 Å². The highest BCUT2D eigenvalue weighted by Crippen LogP contribution is 2.28. The van der Waals surface area contributed by atoms with Gasteiger partial charge in [0.15, 0.2) is 5.82 Å². The number of ether oxygens (including phenoxy) is 1. The zero-order chi connectivity index (χ0) is 13.8. The van der Waals surface area contributed by atoms with Crippen molar-refractivity contribution in [2.24, 2.45) is 5.84 Å². The van der Waals surface area contributed by atoms with Crippen molar-refractivity contribution in [3.8, 4) is 5.75 Å². The van der Waals surface area contributed by atoms with E-state index in [4.69, 9.17) is 10.6 Å². The van der Waals surface area contributed by atoms with Crippen LogP contribution in [-0.2, 0) is 6.61 Å². The van der Waals surface area contributed by atoms with Gasteiger partial charge in [-0.15, -0.1) is 0 Å². The Hall–Kier alpha value is -1.18. The standard InChI is InChI=1S/C12H12Br2N4O/c1-7-4-11(18-15)17-12(16-7)6-19-10-3-2-8(13)5-9(10)14/h2-5H,6,15H2,1H3,(H,16,17,18). The number of nitrogen functional groups attached to an aromatic ring is 1. The Morgan fingerprint density at radius 3 is 2.74 bits per heavy atom. The molecule has 0 atom stereocenters. The smallest absolute Gasteiger partial charge is 0.168 e. The number of hydrazine groups is 1. The maximum Gasteiger partial charge on any atom is 0.168 e. The second-order valence-corrected chi connectivity index (χ2v) is 5.59. The van der Waals surface area contributed by atoms with Crippen LogP contribution >= 0.6 is 31.9 Å². The van der Waals surface area contributed by atoms with Crippen molar-refractivity contribution in [3.05, 3.63) is 44.7 Å². The largest absolute Gasteiger partial charge is 0.484 e. The van der Waals surface area contributed by atoms with E-state index in [1.54, 1.807) is 6.07 Å². The minimum atomic E-state index is 0.274. The molecule has 0 bridgehead atoms. The Morgan fingerprint density at radius 1 is 1.26 bits per heavy atom. The molecule has 0 aliphatic carbocycles. The lowest BCUT2D eigenvalue weighted by Crippen LogP contribution is -2.12. The van der Waals surface area contributed by atoms with E-state index in [0.717, 1.165) is 20.4 Å². The first-order chi connectivity index (χ1) is 9.08. The third-order valence-electron chi connectivity index (χ3n) is 2.30. The molecule has 0 radical (unpaired) electrons. The average molecular weight is 388 g/mol. The van der Waals surface area contributed by atoms with Gasteiger partial charge >= 0.3 is 0 Å². The van der Waals surface area contributed by atoms with Crippen LogP contribution in [0.2, 0.25) is 0 Å². The number of rotatable bonds is 4. The predicted octanol–water partition coefficient (Wildman–Crippen LogP) is 3.17. The van der Waals surface area contributed by atoms with Crippen LogP contribution in [0.1, 0.15) is 11.5 Å². The molecule has 0 spiro atoms. The molecule has 0 unspecified atom stereocenters. The Morgan fingerprint density at radius 2 is 2.05 bits per heavy atom. The van der Waals surface area contributed by atoms with Gasteiger partial charge in [0.1, 0.15) is 18.2 Å². The number of nitrogens with zero attached hydrogens (tertiary/aromatic N) is 2. The van der Waals surface area contributed by atoms with Gasteiger partial charge in [0.2, 0.25) is 0 Å². The molecule has 0 aliphatic rings. The molecule has 0 saturated heterocycles. The topological polar surface area (TPSA) is 73.1 Å². The number of aryl methyl sites for hydroxylation is 1. The van der Waals surface area contributed by atoms with Crippen LogP contribution in [0.4, 0.5) is 5.82 Å². The zero-order valence-electron chi connectivity index (χ0n) is 10.2. The number of benzene rings is 1. The van der Waals surface area contributed by atoms with Gasteiger partial charge in [-0.3, -0.25) is 0 Å². The van der Waals surface area contributed by atoms with E-state index in [2.05, 4.69) is 47.3 Å². The molecule has 1 aromatic heterocycles. The van der Waals surface area contributed by atoms with E-state index < -0.39 is 0 Å². The summed E-state index contributed by atoms with van der Waals surface area (Å²) >= 11 is 6.82. The lowest BCUT2D eigenvalue weighted by atomic mass is 10.3. The Balaban J connectivity index is 2.12. The molecule has 0 aliphatic heterocycles. The minimum absolute atomic E-state index is 0.274. The van der Waals surface area contributed by atoms with E-state index in [1.807, 2.05) is 25.1 Å². The van der Waals surface area contributed by atoms with E-state index in [-0.39, 0.29) is 6.61 Å². The van der Waals surface area contributed by atoms with Gasteiger partial charge in [-0.05, 0) is 41.1 Å². The Bertz CT molecular complexity index is 592. The van der Waals surface area contributed by atoms with Crippen molar-refractivity contribution >= 4 is 37.7 Å². The third-order valence-corrected chi connectivity index (χ3v) is 3.41. The molecular formula is C12H12Br2N4O. The second kappa shape index (κ2) is 6.31. The van der Waals surface area contributed by atoms with Crippen LogP contribution in [0.5, 0.6) is 5.75 Å². The fourth-order valence-electron chi connectivity index (χ4n) is 1.50. The maximum atomic E-state index is 5.67. The molecular weight excluding hydrogens is 376 g/mol. The van der Waals surface area contributed by atoms with E-state index in [9.17, 15) is 0 Å². The highest BCUT2D eigenvalue weighted by Gasteiger charge is 2.05. The van der Waals surface area contributed by atoms with Gasteiger partial charge in [-0.25, -0.2) is 15.8 Å². The summed E-state index contributed by atoms with van der Waals surface area (Å²) in [5.74, 6) is 7.22. The molecule has 2 aromatic rings. The summed E-state index contributed by atoms with van der Waals surface area (Å²) < 4.78 is 7.52. The van der Waals surface area contributed by atoms with Crippen molar-refractivity contribution in [1.29, 1.82) is 0 Å². The number of hydrogen-bond acceptors (Lipinski definition) is 5. The quantitative estimate of drug-likeness (QED) is 0.622. The van der Waals surface area contributed by atoms with Crippen molar-refractivity contribution < 1.29 is 4.74 Å². The Labute approximate surface area is 127 Å². The summed E-state index contributed by atoms with van der Waals surface area (Å²) in [6.45, 7) is 2.15. The normalized spacial score (nSPS) is 10.3. The fourth-order valence-corrected chi connectivity index (χ4v) is 2.66. The highest BCUT2D eigenvalue weighted by molar-refractivity contribution is 9.11. The predicted molar refractivity (Wildman–Crippen MR) is 80.8 cm³/mol. The lowest BCUT2D eigenvalue weighted by molar-refractivity contribution is 0.294. The van der Waals surface area contributed by atoms with Gasteiger partial charge in [-0.2, -0.15) is 0 Å². The molecule has 0 fully saturated rings.